The summed E-state index contributed by atoms with van der Waals surface area (Å²) in [5.41, 5.74) is 2.55. The fraction of sp³-hybridized carbons (Fsp3) is 0.364. The molecule has 154 valence electrons. The number of carbonyl (C=O) groups excluding carboxylic acids is 2. The minimum Gasteiger partial charge on any atom is -0.497 e. The molecule has 29 heavy (non-hydrogen) atoms. The third-order valence-corrected chi connectivity index (χ3v) is 4.99. The fourth-order valence-corrected chi connectivity index (χ4v) is 3.36. The molecule has 1 aliphatic rings. The molecule has 7 nitrogen and oxygen atoms in total. The lowest BCUT2D eigenvalue weighted by atomic mass is 9.99. The molecule has 0 unspecified atom stereocenters. The van der Waals surface area contributed by atoms with E-state index in [1.54, 1.807) is 37.3 Å². The number of amides is 1. The molecule has 2 aromatic carbocycles. The summed E-state index contributed by atoms with van der Waals surface area (Å²) in [5, 5.41) is 0. The number of hydrogen-bond donors (Lipinski definition) is 0. The molecule has 0 aromatic heterocycles. The highest BCUT2D eigenvalue weighted by Crippen LogP contribution is 2.33. The molecule has 1 heterocycles. The highest BCUT2D eigenvalue weighted by Gasteiger charge is 2.23. The number of methoxy groups -OCH3 is 3. The molecule has 0 atom stereocenters. The number of ether oxygens (including phenoxy) is 4. The second-order valence-corrected chi connectivity index (χ2v) is 6.75. The van der Waals surface area contributed by atoms with Crippen LogP contribution in [0.4, 0.5) is 0 Å². The number of carbonyl (C=O) groups is 2. The minimum absolute atomic E-state index is 0.143. The van der Waals surface area contributed by atoms with Crippen molar-refractivity contribution in [1.82, 2.24) is 4.90 Å². The van der Waals surface area contributed by atoms with Crippen LogP contribution in [0.5, 0.6) is 23.0 Å². The van der Waals surface area contributed by atoms with Gasteiger partial charge < -0.3 is 23.8 Å². The Labute approximate surface area is 170 Å². The molecule has 0 radical (unpaired) electrons. The average Bonchev–Trinajstić information content (AvgIpc) is 2.75. The monoisotopic (exact) mass is 399 g/mol. The summed E-state index contributed by atoms with van der Waals surface area (Å²) in [5.74, 6) is 1.96. The molecule has 0 spiro atoms. The topological polar surface area (TPSA) is 74.3 Å². The summed E-state index contributed by atoms with van der Waals surface area (Å²) in [6.07, 6.45) is 0.725. The first-order valence-corrected chi connectivity index (χ1v) is 9.30. The van der Waals surface area contributed by atoms with Crippen LogP contribution in [0.3, 0.4) is 0 Å². The normalized spacial score (nSPS) is 12.8. The number of nitrogens with zero attached hydrogens (tertiary/aromatic N) is 1. The quantitative estimate of drug-likeness (QED) is 0.667. The Morgan fingerprint density at radius 1 is 0.931 bits per heavy atom. The van der Waals surface area contributed by atoms with Gasteiger partial charge in [0, 0.05) is 13.1 Å². The van der Waals surface area contributed by atoms with Crippen LogP contribution in [-0.4, -0.2) is 51.1 Å². The lowest BCUT2D eigenvalue weighted by molar-refractivity contribution is -0.134. The van der Waals surface area contributed by atoms with Gasteiger partial charge in [-0.15, -0.1) is 0 Å². The summed E-state index contributed by atoms with van der Waals surface area (Å²) in [6, 6.07) is 8.82. The second kappa shape index (κ2) is 8.86. The molecule has 0 bridgehead atoms. The van der Waals surface area contributed by atoms with E-state index in [1.807, 2.05) is 12.1 Å². The number of fused-ring (bicyclic) bond motifs is 1. The Kier molecular flexibility index (Phi) is 6.26. The molecule has 1 amide bonds. The van der Waals surface area contributed by atoms with Crippen LogP contribution in [0.15, 0.2) is 30.3 Å². The van der Waals surface area contributed by atoms with E-state index in [2.05, 4.69) is 0 Å². The van der Waals surface area contributed by atoms with Gasteiger partial charge in [-0.2, -0.15) is 0 Å². The van der Waals surface area contributed by atoms with Crippen molar-refractivity contribution in [3.05, 3.63) is 47.0 Å². The van der Waals surface area contributed by atoms with E-state index in [4.69, 9.17) is 18.9 Å². The van der Waals surface area contributed by atoms with Gasteiger partial charge in [-0.05, 0) is 54.8 Å². The third-order valence-electron chi connectivity index (χ3n) is 4.99. The van der Waals surface area contributed by atoms with Crippen molar-refractivity contribution in [2.45, 2.75) is 19.9 Å². The first-order chi connectivity index (χ1) is 14.0. The van der Waals surface area contributed by atoms with Crippen LogP contribution in [0.25, 0.3) is 0 Å². The summed E-state index contributed by atoms with van der Waals surface area (Å²) >= 11 is 0. The van der Waals surface area contributed by atoms with Gasteiger partial charge in [-0.1, -0.05) is 0 Å². The number of benzene rings is 2. The van der Waals surface area contributed by atoms with E-state index in [9.17, 15) is 9.59 Å². The molecule has 3 rings (SSSR count). The molecule has 1 aliphatic heterocycles. The molecular formula is C22H25NO6. The van der Waals surface area contributed by atoms with E-state index in [0.717, 1.165) is 17.5 Å². The van der Waals surface area contributed by atoms with E-state index in [0.29, 0.717) is 41.7 Å². The molecule has 0 aliphatic carbocycles. The molecular weight excluding hydrogens is 374 g/mol. The van der Waals surface area contributed by atoms with Crippen LogP contribution < -0.4 is 18.9 Å². The highest BCUT2D eigenvalue weighted by atomic mass is 16.5. The van der Waals surface area contributed by atoms with Crippen molar-refractivity contribution in [2.24, 2.45) is 0 Å². The molecule has 2 aromatic rings. The van der Waals surface area contributed by atoms with Gasteiger partial charge >= 0.3 is 0 Å². The molecule has 0 saturated heterocycles. The van der Waals surface area contributed by atoms with Crippen molar-refractivity contribution in [3.8, 4) is 23.0 Å². The van der Waals surface area contributed by atoms with Crippen LogP contribution >= 0.6 is 0 Å². The van der Waals surface area contributed by atoms with Crippen LogP contribution in [0.2, 0.25) is 0 Å². The molecule has 7 heteroatoms. The van der Waals surface area contributed by atoms with E-state index >= 15 is 0 Å². The smallest absolute Gasteiger partial charge is 0.260 e. The SMILES string of the molecule is COc1ccc(OCC(=O)N2CCc3cc(OC)c(OC)cc3C2)c(C(C)=O)c1. The van der Waals surface area contributed by atoms with Crippen LogP contribution in [0, 0.1) is 0 Å². The van der Waals surface area contributed by atoms with Gasteiger partial charge in [0.05, 0.1) is 26.9 Å². The number of ketones is 1. The maximum Gasteiger partial charge on any atom is 0.260 e. The maximum absolute atomic E-state index is 12.7. The Morgan fingerprint density at radius 2 is 1.62 bits per heavy atom. The zero-order valence-corrected chi connectivity index (χ0v) is 17.1. The molecule has 0 N–H and O–H groups in total. The second-order valence-electron chi connectivity index (χ2n) is 6.75. The minimum atomic E-state index is -0.153. The predicted octanol–water partition coefficient (Wildman–Crippen LogP) is 2.88. The maximum atomic E-state index is 12.7. The Bertz CT molecular complexity index is 924. The first-order valence-electron chi connectivity index (χ1n) is 9.30. The van der Waals surface area contributed by atoms with Gasteiger partial charge in [-0.3, -0.25) is 9.59 Å². The van der Waals surface area contributed by atoms with Crippen molar-refractivity contribution in [2.75, 3.05) is 34.5 Å². The van der Waals surface area contributed by atoms with Crippen molar-refractivity contribution < 1.29 is 28.5 Å². The first kappa shape index (κ1) is 20.5. The zero-order chi connectivity index (χ0) is 21.0. The summed E-state index contributed by atoms with van der Waals surface area (Å²) in [4.78, 5) is 26.3. The average molecular weight is 399 g/mol. The molecule has 0 fully saturated rings. The van der Waals surface area contributed by atoms with Crippen LogP contribution in [0.1, 0.15) is 28.4 Å². The zero-order valence-electron chi connectivity index (χ0n) is 17.1. The van der Waals surface area contributed by atoms with Crippen molar-refractivity contribution in [3.63, 3.8) is 0 Å². The summed E-state index contributed by atoms with van der Waals surface area (Å²) in [7, 11) is 4.72. The summed E-state index contributed by atoms with van der Waals surface area (Å²) < 4.78 is 21.5. The van der Waals surface area contributed by atoms with Crippen LogP contribution in [-0.2, 0) is 17.8 Å². The Morgan fingerprint density at radius 3 is 2.24 bits per heavy atom. The summed E-state index contributed by atoms with van der Waals surface area (Å²) in [6.45, 7) is 2.37. The van der Waals surface area contributed by atoms with Crippen molar-refractivity contribution in [1.29, 1.82) is 0 Å². The van der Waals surface area contributed by atoms with E-state index in [1.165, 1.54) is 14.0 Å². The largest absolute Gasteiger partial charge is 0.497 e. The number of rotatable bonds is 7. The standard InChI is InChI=1S/C22H25NO6/c1-14(24)18-11-17(26-2)5-6-19(18)29-13-22(25)23-8-7-15-9-20(27-3)21(28-4)10-16(15)12-23/h5-6,9-11H,7-8,12-13H2,1-4H3. The predicted molar refractivity (Wildman–Crippen MR) is 107 cm³/mol. The van der Waals surface area contributed by atoms with Crippen molar-refractivity contribution >= 4 is 11.7 Å². The highest BCUT2D eigenvalue weighted by molar-refractivity contribution is 5.97. The fourth-order valence-electron chi connectivity index (χ4n) is 3.36. The van der Waals surface area contributed by atoms with Gasteiger partial charge in [0.15, 0.2) is 23.9 Å². The van der Waals surface area contributed by atoms with Gasteiger partial charge in [0.2, 0.25) is 0 Å². The van der Waals surface area contributed by atoms with Gasteiger partial charge in [-0.25, -0.2) is 0 Å². The Balaban J connectivity index is 1.69. The lowest BCUT2D eigenvalue weighted by Crippen LogP contribution is -2.38. The third kappa shape index (κ3) is 4.45. The number of hydrogen-bond acceptors (Lipinski definition) is 6. The van der Waals surface area contributed by atoms with E-state index < -0.39 is 0 Å². The number of Topliss-reactive ketones (excluding diaryl/α,β-unsaturated/α-hetero) is 1. The Hall–Kier alpha value is -3.22. The van der Waals surface area contributed by atoms with Gasteiger partial charge in [0.1, 0.15) is 11.5 Å². The van der Waals surface area contributed by atoms with Gasteiger partial charge in [0.25, 0.3) is 5.91 Å². The molecule has 0 saturated carbocycles. The van der Waals surface area contributed by atoms with E-state index in [-0.39, 0.29) is 18.3 Å². The lowest BCUT2D eigenvalue weighted by Gasteiger charge is -2.29.